The van der Waals surface area contributed by atoms with E-state index in [4.69, 9.17) is 15.2 Å². The van der Waals surface area contributed by atoms with Gasteiger partial charge in [-0.1, -0.05) is 0 Å². The number of hydrogen-bond donors (Lipinski definition) is 2. The van der Waals surface area contributed by atoms with Crippen LogP contribution in [-0.2, 0) is 4.74 Å². The first-order valence-corrected chi connectivity index (χ1v) is 8.63. The second kappa shape index (κ2) is 9.48. The molecule has 3 N–H and O–H groups in total. The van der Waals surface area contributed by atoms with Gasteiger partial charge in [0.1, 0.15) is 17.0 Å². The number of alkyl carbamates (subject to hydrolysis) is 1. The quantitative estimate of drug-likeness (QED) is 0.678. The molecule has 0 aromatic heterocycles. The van der Waals surface area contributed by atoms with E-state index in [0.717, 1.165) is 5.56 Å². The molecule has 0 saturated carbocycles. The van der Waals surface area contributed by atoms with Crippen LogP contribution in [0, 0.1) is 6.92 Å². The molecule has 0 radical (unpaired) electrons. The van der Waals surface area contributed by atoms with Crippen LogP contribution < -0.4 is 15.8 Å². The number of nitrogens with one attached hydrogen (secondary N) is 1. The molecule has 158 valence electrons. The van der Waals surface area contributed by atoms with Crippen LogP contribution >= 0.6 is 0 Å². The first-order valence-electron chi connectivity index (χ1n) is 8.63. The van der Waals surface area contributed by atoms with Crippen molar-refractivity contribution in [2.24, 2.45) is 10.7 Å². The van der Waals surface area contributed by atoms with Gasteiger partial charge >= 0.3 is 12.3 Å². The van der Waals surface area contributed by atoms with Gasteiger partial charge in [-0.3, -0.25) is 4.99 Å². The van der Waals surface area contributed by atoms with Crippen molar-refractivity contribution >= 4 is 17.5 Å². The molecule has 28 heavy (non-hydrogen) atoms. The Balaban J connectivity index is 0.00000784. The van der Waals surface area contributed by atoms with Crippen LogP contribution in [0.4, 0.5) is 23.7 Å². The van der Waals surface area contributed by atoms with Gasteiger partial charge in [0.05, 0.1) is 24.6 Å². The van der Waals surface area contributed by atoms with Crippen molar-refractivity contribution in [1.29, 1.82) is 0 Å². The van der Waals surface area contributed by atoms with E-state index in [-0.39, 0.29) is 13.7 Å². The number of carbonyl (C=O) groups is 1. The molecule has 1 rings (SSSR count). The van der Waals surface area contributed by atoms with E-state index in [2.05, 4.69) is 10.3 Å². The van der Waals surface area contributed by atoms with Crippen LogP contribution in [0.25, 0.3) is 0 Å². The van der Waals surface area contributed by atoms with Gasteiger partial charge < -0.3 is 20.5 Å². The van der Waals surface area contributed by atoms with E-state index in [1.807, 2.05) is 6.92 Å². The summed E-state index contributed by atoms with van der Waals surface area (Å²) in [6.45, 7) is 8.76. The lowest BCUT2D eigenvalue weighted by molar-refractivity contribution is -0.0925. The van der Waals surface area contributed by atoms with Crippen molar-refractivity contribution in [3.63, 3.8) is 0 Å². The summed E-state index contributed by atoms with van der Waals surface area (Å²) in [4.78, 5) is 16.0. The third-order valence-corrected chi connectivity index (χ3v) is 3.08. The van der Waals surface area contributed by atoms with E-state index in [9.17, 15) is 18.0 Å². The molecule has 6 nitrogen and oxygen atoms in total. The molecule has 0 heterocycles. The lowest BCUT2D eigenvalue weighted by atomic mass is 10.2. The number of amides is 1. The Morgan fingerprint density at radius 2 is 1.93 bits per heavy atom. The number of carbonyl (C=O) groups excluding carboxylic acids is 1. The van der Waals surface area contributed by atoms with Crippen molar-refractivity contribution in [2.45, 2.75) is 46.4 Å². The zero-order valence-corrected chi connectivity index (χ0v) is 16.6. The highest BCUT2D eigenvalue weighted by Crippen LogP contribution is 2.25. The zero-order chi connectivity index (χ0) is 21.5. The molecule has 9 heteroatoms. The molecule has 0 aliphatic carbocycles. The van der Waals surface area contributed by atoms with Crippen LogP contribution in [0.15, 0.2) is 35.0 Å². The predicted octanol–water partition coefficient (Wildman–Crippen LogP) is 4.64. The number of benzene rings is 1. The maximum absolute atomic E-state index is 12.8. The fourth-order valence-corrected chi connectivity index (χ4v) is 2.07. The number of aryl methyl sites for hydroxylation is 1. The van der Waals surface area contributed by atoms with Gasteiger partial charge in [-0.05, 0) is 58.4 Å². The molecule has 0 bridgehead atoms. The Morgan fingerprint density at radius 1 is 1.29 bits per heavy atom. The maximum Gasteiger partial charge on any atom is 0.430 e. The average Bonchev–Trinajstić information content (AvgIpc) is 2.49. The summed E-state index contributed by atoms with van der Waals surface area (Å²) in [6, 6.07) is 5.04. The highest BCUT2D eigenvalue weighted by atomic mass is 19.4. The number of aliphatic imine (C=N–C) groups is 1. The lowest BCUT2D eigenvalue weighted by Gasteiger charge is -2.19. The molecule has 0 aliphatic rings. The summed E-state index contributed by atoms with van der Waals surface area (Å²) in [5.41, 5.74) is 4.14. The van der Waals surface area contributed by atoms with E-state index in [1.54, 1.807) is 45.9 Å². The molecule has 0 unspecified atom stereocenters. The lowest BCUT2D eigenvalue weighted by Crippen LogP contribution is -2.35. The van der Waals surface area contributed by atoms with Crippen molar-refractivity contribution in [1.82, 2.24) is 5.32 Å². The third kappa shape index (κ3) is 8.79. The van der Waals surface area contributed by atoms with Gasteiger partial charge in [-0.25, -0.2) is 4.79 Å². The van der Waals surface area contributed by atoms with Crippen LogP contribution in [0.5, 0.6) is 5.75 Å². The highest BCUT2D eigenvalue weighted by molar-refractivity contribution is 6.00. The molecule has 1 amide bonds. The molecule has 0 spiro atoms. The second-order valence-electron chi connectivity index (χ2n) is 6.99. The van der Waals surface area contributed by atoms with Crippen LogP contribution in [0.1, 0.15) is 34.7 Å². The Bertz CT molecular complexity index is 757. The maximum atomic E-state index is 12.8. The van der Waals surface area contributed by atoms with Crippen molar-refractivity contribution in [3.8, 4) is 5.75 Å². The molecule has 0 saturated heterocycles. The molecular weight excluding hydrogens is 375 g/mol. The van der Waals surface area contributed by atoms with Gasteiger partial charge in [0.25, 0.3) is 0 Å². The largest absolute Gasteiger partial charge is 0.494 e. The van der Waals surface area contributed by atoms with Crippen molar-refractivity contribution < 1.29 is 28.9 Å². The van der Waals surface area contributed by atoms with Gasteiger partial charge in [0, 0.05) is 7.49 Å². The van der Waals surface area contributed by atoms with E-state index in [0.29, 0.717) is 24.1 Å². The Hall–Kier alpha value is -2.71. The first kappa shape index (κ1) is 23.3. The second-order valence-corrected chi connectivity index (χ2v) is 6.99. The summed E-state index contributed by atoms with van der Waals surface area (Å²) in [5.74, 6) is 0.536. The Morgan fingerprint density at radius 3 is 2.46 bits per heavy atom. The van der Waals surface area contributed by atoms with Crippen LogP contribution in [0.2, 0.25) is 0 Å². The zero-order valence-electron chi connectivity index (χ0n) is 16.6. The average molecular weight is 403 g/mol. The normalized spacial score (nSPS) is 13.3. The minimum atomic E-state index is -4.71. The summed E-state index contributed by atoms with van der Waals surface area (Å²) in [7, 11) is 0. The fourth-order valence-electron chi connectivity index (χ4n) is 2.07. The first-order chi connectivity index (χ1) is 12.8. The predicted molar refractivity (Wildman–Crippen MR) is 104 cm³/mol. The number of nitrogens with two attached hydrogens (primary N) is 1. The smallest absolute Gasteiger partial charge is 0.430 e. The number of alkyl halides is 3. The number of ether oxygens (including phenoxy) is 2. The summed E-state index contributed by atoms with van der Waals surface area (Å²) in [5, 5.41) is 2.38. The van der Waals surface area contributed by atoms with Crippen LogP contribution in [0.3, 0.4) is 0 Å². The van der Waals surface area contributed by atoms with E-state index in [1.165, 1.54) is 0 Å². The van der Waals surface area contributed by atoms with Gasteiger partial charge in [-0.2, -0.15) is 13.2 Å². The number of halogens is 3. The molecular formula is C19H28F3N3O3. The number of hydrogen-bond acceptors (Lipinski definition) is 5. The highest BCUT2D eigenvalue weighted by Gasteiger charge is 2.31. The van der Waals surface area contributed by atoms with E-state index >= 15 is 0 Å². The summed E-state index contributed by atoms with van der Waals surface area (Å²) < 4.78 is 49.0. The summed E-state index contributed by atoms with van der Waals surface area (Å²) >= 11 is 0. The molecule has 0 aliphatic heterocycles. The minimum absolute atomic E-state index is 0. The molecule has 1 aromatic carbocycles. The number of nitrogens with zero attached hydrogens (tertiary/aromatic N) is 1. The van der Waals surface area contributed by atoms with Gasteiger partial charge in [0.2, 0.25) is 0 Å². The molecule has 1 aromatic rings. The van der Waals surface area contributed by atoms with E-state index < -0.39 is 23.6 Å². The SMILES string of the molecule is CCOc1cc(C)cc(N=C(/C=C(\N)C(F)(F)F)CNC(=O)OC(C)(C)C)c1.[HH]. The van der Waals surface area contributed by atoms with Gasteiger partial charge in [-0.15, -0.1) is 0 Å². The fraction of sp³-hybridized carbons (Fsp3) is 0.474. The monoisotopic (exact) mass is 403 g/mol. The topological polar surface area (TPSA) is 85.9 Å². The standard InChI is InChI=1S/C19H26F3N3O3.H2/c1-6-27-15-8-12(2)7-13(9-15)25-14(10-16(23)19(20,21)22)11-24-17(26)28-18(3,4)5;/h7-10H,6,11,23H2,1-5H3,(H,24,26);1H/b16-10-,25-14?;. The Kier molecular flexibility index (Phi) is 7.89. The van der Waals surface area contributed by atoms with Gasteiger partial charge in [0.15, 0.2) is 0 Å². The third-order valence-electron chi connectivity index (χ3n) is 3.08. The van der Waals surface area contributed by atoms with Crippen molar-refractivity contribution in [3.05, 3.63) is 35.5 Å². The Labute approximate surface area is 164 Å². The minimum Gasteiger partial charge on any atom is -0.494 e. The van der Waals surface area contributed by atoms with Crippen LogP contribution in [-0.4, -0.2) is 36.7 Å². The molecule has 0 atom stereocenters. The van der Waals surface area contributed by atoms with Crippen molar-refractivity contribution in [2.75, 3.05) is 13.2 Å². The molecule has 0 fully saturated rings. The summed E-state index contributed by atoms with van der Waals surface area (Å²) in [6.07, 6.45) is -4.81. The number of rotatable bonds is 6. The number of allylic oxidation sites excluding steroid dienone is 1.